The number of halogens is 1. The number of fused-ring (bicyclic) bond motifs is 1. The molecule has 1 fully saturated rings. The van der Waals surface area contributed by atoms with Crippen LogP contribution in [-0.2, 0) is 0 Å². The van der Waals surface area contributed by atoms with Gasteiger partial charge in [0.2, 0.25) is 0 Å². The Morgan fingerprint density at radius 3 is 2.80 bits per heavy atom. The largest absolute Gasteiger partial charge is 0.487 e. The molecule has 1 aliphatic heterocycles. The molecule has 1 atom stereocenters. The Kier molecular flexibility index (Phi) is 4.09. The molecule has 0 bridgehead atoms. The summed E-state index contributed by atoms with van der Waals surface area (Å²) in [6.07, 6.45) is 7.63. The van der Waals surface area contributed by atoms with Gasteiger partial charge in [0, 0.05) is 16.5 Å². The van der Waals surface area contributed by atoms with Crippen LogP contribution in [0.2, 0.25) is 0 Å². The Morgan fingerprint density at radius 1 is 1.35 bits per heavy atom. The van der Waals surface area contributed by atoms with Gasteiger partial charge in [-0.3, -0.25) is 0 Å². The lowest BCUT2D eigenvalue weighted by atomic mass is 9.73. The van der Waals surface area contributed by atoms with Gasteiger partial charge in [0.25, 0.3) is 0 Å². The summed E-state index contributed by atoms with van der Waals surface area (Å²) in [7, 11) is 0. The number of hydrogen-bond acceptors (Lipinski definition) is 2. The fourth-order valence-corrected chi connectivity index (χ4v) is 4.20. The molecular weight excluding hydrogens is 316 g/mol. The molecule has 110 valence electrons. The van der Waals surface area contributed by atoms with Crippen molar-refractivity contribution in [2.75, 3.05) is 0 Å². The fourth-order valence-electron chi connectivity index (χ4n) is 3.82. The predicted molar refractivity (Wildman–Crippen MR) is 83.9 cm³/mol. The molecule has 2 nitrogen and oxygen atoms in total. The van der Waals surface area contributed by atoms with Crippen molar-refractivity contribution >= 4 is 15.9 Å². The summed E-state index contributed by atoms with van der Waals surface area (Å²) in [6.45, 7) is 2.26. The average Bonchev–Trinajstić information content (AvgIpc) is 2.43. The van der Waals surface area contributed by atoms with Crippen LogP contribution in [0.15, 0.2) is 22.7 Å². The number of aliphatic hydroxyl groups excluding tert-OH is 1. The molecule has 3 heteroatoms. The van der Waals surface area contributed by atoms with Crippen LogP contribution in [0, 0.1) is 5.92 Å². The van der Waals surface area contributed by atoms with Gasteiger partial charge in [0.15, 0.2) is 0 Å². The lowest BCUT2D eigenvalue weighted by Crippen LogP contribution is -2.44. The van der Waals surface area contributed by atoms with E-state index in [1.54, 1.807) is 0 Å². The summed E-state index contributed by atoms with van der Waals surface area (Å²) in [5.74, 6) is 1.73. The van der Waals surface area contributed by atoms with Crippen LogP contribution in [0.25, 0.3) is 0 Å². The molecule has 0 aromatic heterocycles. The number of benzene rings is 1. The highest BCUT2D eigenvalue weighted by Gasteiger charge is 2.42. The van der Waals surface area contributed by atoms with Gasteiger partial charge in [-0.05, 0) is 49.8 Å². The molecule has 0 amide bonds. The molecule has 1 aromatic rings. The molecule has 20 heavy (non-hydrogen) atoms. The van der Waals surface area contributed by atoms with E-state index in [1.807, 2.05) is 18.2 Å². The number of aliphatic hydroxyl groups is 1. The van der Waals surface area contributed by atoms with E-state index in [0.717, 1.165) is 41.0 Å². The van der Waals surface area contributed by atoms with E-state index in [-0.39, 0.29) is 11.7 Å². The minimum atomic E-state index is -0.390. The number of ether oxygens (including phenoxy) is 1. The van der Waals surface area contributed by atoms with Crippen molar-refractivity contribution in [3.05, 3.63) is 28.2 Å². The quantitative estimate of drug-likeness (QED) is 0.822. The Morgan fingerprint density at radius 2 is 2.10 bits per heavy atom. The summed E-state index contributed by atoms with van der Waals surface area (Å²) in [5.41, 5.74) is 0.811. The van der Waals surface area contributed by atoms with E-state index in [2.05, 4.69) is 22.9 Å². The van der Waals surface area contributed by atoms with Gasteiger partial charge in [0.05, 0.1) is 6.10 Å². The first-order valence-corrected chi connectivity index (χ1v) is 8.58. The second-order valence-electron chi connectivity index (χ2n) is 6.42. The molecule has 0 radical (unpaired) electrons. The van der Waals surface area contributed by atoms with E-state index < -0.39 is 0 Å². The molecule has 0 saturated heterocycles. The summed E-state index contributed by atoms with van der Waals surface area (Å²) in [6, 6.07) is 5.96. The Balaban J connectivity index is 1.76. The summed E-state index contributed by atoms with van der Waals surface area (Å²) in [5, 5.41) is 10.5. The molecule has 1 aliphatic carbocycles. The van der Waals surface area contributed by atoms with Crippen LogP contribution in [0.1, 0.15) is 63.5 Å². The van der Waals surface area contributed by atoms with Gasteiger partial charge in [-0.15, -0.1) is 0 Å². The first-order chi connectivity index (χ1) is 9.62. The maximum Gasteiger partial charge on any atom is 0.126 e. The lowest BCUT2D eigenvalue weighted by molar-refractivity contribution is -0.0474. The normalized spacial score (nSPS) is 32.8. The Bertz CT molecular complexity index is 478. The van der Waals surface area contributed by atoms with Crippen molar-refractivity contribution in [2.45, 2.75) is 63.6 Å². The molecule has 1 spiro atoms. The summed E-state index contributed by atoms with van der Waals surface area (Å²) < 4.78 is 7.33. The predicted octanol–water partition coefficient (Wildman–Crippen LogP) is 4.99. The van der Waals surface area contributed by atoms with E-state index in [9.17, 15) is 5.11 Å². The highest BCUT2D eigenvalue weighted by Crippen LogP contribution is 2.48. The highest BCUT2D eigenvalue weighted by molar-refractivity contribution is 9.10. The maximum atomic E-state index is 10.5. The van der Waals surface area contributed by atoms with Crippen LogP contribution in [0.5, 0.6) is 5.75 Å². The van der Waals surface area contributed by atoms with Crippen molar-refractivity contribution in [1.29, 1.82) is 0 Å². The minimum Gasteiger partial charge on any atom is -0.487 e. The average molecular weight is 339 g/mol. The van der Waals surface area contributed by atoms with Gasteiger partial charge < -0.3 is 9.84 Å². The molecular formula is C17H23BrO2. The number of hydrogen-bond donors (Lipinski definition) is 1. The van der Waals surface area contributed by atoms with Crippen LogP contribution >= 0.6 is 15.9 Å². The Labute approximate surface area is 129 Å². The zero-order valence-corrected chi connectivity index (χ0v) is 13.7. The molecule has 1 N–H and O–H groups in total. The first kappa shape index (κ1) is 14.4. The summed E-state index contributed by atoms with van der Waals surface area (Å²) in [4.78, 5) is 0. The molecule has 3 rings (SSSR count). The highest BCUT2D eigenvalue weighted by atomic mass is 79.9. The SMILES string of the molecule is CCCC1CCC2(CC1)C[C@@H](O)c1cc(Br)ccc1O2. The smallest absolute Gasteiger partial charge is 0.126 e. The fraction of sp³-hybridized carbons (Fsp3) is 0.647. The zero-order chi connectivity index (χ0) is 14.2. The minimum absolute atomic E-state index is 0.121. The first-order valence-electron chi connectivity index (χ1n) is 7.78. The molecule has 1 aromatic carbocycles. The van der Waals surface area contributed by atoms with Gasteiger partial charge in [-0.1, -0.05) is 35.7 Å². The van der Waals surface area contributed by atoms with Gasteiger partial charge in [-0.2, -0.15) is 0 Å². The van der Waals surface area contributed by atoms with Gasteiger partial charge >= 0.3 is 0 Å². The van der Waals surface area contributed by atoms with Gasteiger partial charge in [0.1, 0.15) is 11.4 Å². The molecule has 1 saturated carbocycles. The number of rotatable bonds is 2. The second-order valence-corrected chi connectivity index (χ2v) is 7.33. The zero-order valence-electron chi connectivity index (χ0n) is 12.1. The van der Waals surface area contributed by atoms with E-state index in [1.165, 1.54) is 25.7 Å². The van der Waals surface area contributed by atoms with Crippen LogP contribution in [-0.4, -0.2) is 10.7 Å². The van der Waals surface area contributed by atoms with E-state index in [4.69, 9.17) is 4.74 Å². The van der Waals surface area contributed by atoms with Crippen molar-refractivity contribution in [3.63, 3.8) is 0 Å². The topological polar surface area (TPSA) is 29.5 Å². The Hall–Kier alpha value is -0.540. The van der Waals surface area contributed by atoms with Crippen LogP contribution < -0.4 is 4.74 Å². The van der Waals surface area contributed by atoms with E-state index >= 15 is 0 Å². The van der Waals surface area contributed by atoms with Crippen molar-refractivity contribution in [1.82, 2.24) is 0 Å². The van der Waals surface area contributed by atoms with E-state index in [0.29, 0.717) is 0 Å². The van der Waals surface area contributed by atoms with Gasteiger partial charge in [-0.25, -0.2) is 0 Å². The van der Waals surface area contributed by atoms with Crippen LogP contribution in [0.3, 0.4) is 0 Å². The lowest BCUT2D eigenvalue weighted by Gasteiger charge is -2.45. The van der Waals surface area contributed by atoms with Crippen molar-refractivity contribution < 1.29 is 9.84 Å². The molecule has 2 aliphatic rings. The third-order valence-electron chi connectivity index (χ3n) is 4.94. The standard InChI is InChI=1S/C17H23BrO2/c1-2-3-12-6-8-17(9-7-12)11-15(19)14-10-13(18)4-5-16(14)20-17/h4-5,10,12,15,19H,2-3,6-9,11H2,1H3/t12?,15-,17?/m1/s1. The third-order valence-corrected chi connectivity index (χ3v) is 5.43. The monoisotopic (exact) mass is 338 g/mol. The summed E-state index contributed by atoms with van der Waals surface area (Å²) >= 11 is 3.46. The van der Waals surface area contributed by atoms with Crippen LogP contribution in [0.4, 0.5) is 0 Å². The van der Waals surface area contributed by atoms with Crippen molar-refractivity contribution in [2.24, 2.45) is 5.92 Å². The molecule has 0 unspecified atom stereocenters. The maximum absolute atomic E-state index is 10.5. The molecule has 1 heterocycles. The second kappa shape index (κ2) is 5.69. The van der Waals surface area contributed by atoms with Crippen molar-refractivity contribution in [3.8, 4) is 5.75 Å². The third kappa shape index (κ3) is 2.75.